The van der Waals surface area contributed by atoms with E-state index in [0.717, 1.165) is 28.1 Å². The molecule has 2 aromatic carbocycles. The maximum Gasteiger partial charge on any atom is 0.274 e. The molecule has 0 bridgehead atoms. The van der Waals surface area contributed by atoms with Crippen LogP contribution in [0.25, 0.3) is 5.69 Å². The minimum Gasteiger partial charge on any atom is -0.489 e. The first-order valence-electron chi connectivity index (χ1n) is 7.61. The van der Waals surface area contributed by atoms with Gasteiger partial charge in [0.25, 0.3) is 5.56 Å². The third-order valence-corrected chi connectivity index (χ3v) is 3.91. The van der Waals surface area contributed by atoms with E-state index in [1.165, 1.54) is 0 Å². The number of rotatable bonds is 4. The molecule has 0 aliphatic rings. The van der Waals surface area contributed by atoms with Gasteiger partial charge in [-0.05, 0) is 44.0 Å². The molecular weight excluding hydrogens is 288 g/mol. The Morgan fingerprint density at radius 1 is 1.04 bits per heavy atom. The average Bonchev–Trinajstić information content (AvgIpc) is 2.88. The summed E-state index contributed by atoms with van der Waals surface area (Å²) in [5, 5.41) is 3.00. The molecule has 0 aliphatic heterocycles. The number of nitrogens with zero attached hydrogens (tertiary/aromatic N) is 1. The van der Waals surface area contributed by atoms with Crippen LogP contribution in [0.4, 0.5) is 0 Å². The lowest BCUT2D eigenvalue weighted by molar-refractivity contribution is 0.303. The molecule has 3 rings (SSSR count). The largest absolute Gasteiger partial charge is 0.489 e. The highest BCUT2D eigenvalue weighted by Crippen LogP contribution is 2.22. The van der Waals surface area contributed by atoms with Gasteiger partial charge in [-0.25, -0.2) is 4.68 Å². The number of aromatic nitrogens is 2. The smallest absolute Gasteiger partial charge is 0.274 e. The number of aryl methyl sites for hydroxylation is 3. The molecule has 0 atom stereocenters. The van der Waals surface area contributed by atoms with Gasteiger partial charge in [0.2, 0.25) is 0 Å². The van der Waals surface area contributed by atoms with Gasteiger partial charge in [-0.1, -0.05) is 30.3 Å². The zero-order valence-electron chi connectivity index (χ0n) is 13.6. The number of para-hydroxylation sites is 1. The van der Waals surface area contributed by atoms with Crippen molar-refractivity contribution >= 4 is 0 Å². The van der Waals surface area contributed by atoms with Crippen LogP contribution >= 0.6 is 0 Å². The SMILES string of the molecule is Cc1ccc(C)c(OCc2ccccc2-n2[nH]cc(C)c2=O)c1. The molecule has 3 aromatic rings. The summed E-state index contributed by atoms with van der Waals surface area (Å²) in [6.07, 6.45) is 1.71. The molecule has 0 fully saturated rings. The highest BCUT2D eigenvalue weighted by atomic mass is 16.5. The van der Waals surface area contributed by atoms with Crippen molar-refractivity contribution in [1.29, 1.82) is 0 Å². The lowest BCUT2D eigenvalue weighted by atomic mass is 10.1. The van der Waals surface area contributed by atoms with Crippen LogP contribution < -0.4 is 10.3 Å². The van der Waals surface area contributed by atoms with Crippen molar-refractivity contribution in [3.63, 3.8) is 0 Å². The van der Waals surface area contributed by atoms with E-state index in [2.05, 4.69) is 17.2 Å². The van der Waals surface area contributed by atoms with Gasteiger partial charge < -0.3 is 4.74 Å². The summed E-state index contributed by atoms with van der Waals surface area (Å²) in [6.45, 7) is 6.27. The van der Waals surface area contributed by atoms with Crippen molar-refractivity contribution in [2.45, 2.75) is 27.4 Å². The van der Waals surface area contributed by atoms with Crippen LogP contribution in [0, 0.1) is 20.8 Å². The zero-order valence-corrected chi connectivity index (χ0v) is 13.6. The van der Waals surface area contributed by atoms with Crippen LogP contribution in [0.3, 0.4) is 0 Å². The molecule has 23 heavy (non-hydrogen) atoms. The second kappa shape index (κ2) is 6.16. The van der Waals surface area contributed by atoms with Crippen LogP contribution in [0.1, 0.15) is 22.3 Å². The first kappa shape index (κ1) is 15.2. The van der Waals surface area contributed by atoms with Gasteiger partial charge >= 0.3 is 0 Å². The molecule has 118 valence electrons. The predicted molar refractivity (Wildman–Crippen MR) is 91.4 cm³/mol. The van der Waals surface area contributed by atoms with Crippen LogP contribution in [-0.4, -0.2) is 9.78 Å². The Kier molecular flexibility index (Phi) is 4.06. The van der Waals surface area contributed by atoms with E-state index < -0.39 is 0 Å². The minimum atomic E-state index is -0.0378. The Hall–Kier alpha value is -2.75. The van der Waals surface area contributed by atoms with Gasteiger partial charge in [-0.15, -0.1) is 0 Å². The van der Waals surface area contributed by atoms with E-state index in [-0.39, 0.29) is 5.56 Å². The number of nitrogens with one attached hydrogen (secondary N) is 1. The predicted octanol–water partition coefficient (Wildman–Crippen LogP) is 3.67. The fourth-order valence-electron chi connectivity index (χ4n) is 2.51. The first-order valence-corrected chi connectivity index (χ1v) is 7.61. The van der Waals surface area contributed by atoms with E-state index in [1.54, 1.807) is 17.8 Å². The second-order valence-electron chi connectivity index (χ2n) is 5.78. The second-order valence-corrected chi connectivity index (χ2v) is 5.78. The van der Waals surface area contributed by atoms with E-state index in [9.17, 15) is 4.79 Å². The summed E-state index contributed by atoms with van der Waals surface area (Å²) < 4.78 is 7.54. The number of hydrogen-bond acceptors (Lipinski definition) is 2. The van der Waals surface area contributed by atoms with Crippen LogP contribution in [0.5, 0.6) is 5.75 Å². The Morgan fingerprint density at radius 3 is 2.57 bits per heavy atom. The summed E-state index contributed by atoms with van der Waals surface area (Å²) in [6, 6.07) is 13.9. The molecule has 0 saturated heterocycles. The monoisotopic (exact) mass is 308 g/mol. The number of ether oxygens (including phenoxy) is 1. The van der Waals surface area contributed by atoms with Crippen molar-refractivity contribution in [3.8, 4) is 11.4 Å². The molecule has 4 heteroatoms. The van der Waals surface area contributed by atoms with Crippen LogP contribution in [0.15, 0.2) is 53.5 Å². The Labute approximate surface area is 135 Å². The lowest BCUT2D eigenvalue weighted by Gasteiger charge is -2.13. The summed E-state index contributed by atoms with van der Waals surface area (Å²) in [5.74, 6) is 0.870. The van der Waals surface area contributed by atoms with Crippen molar-refractivity contribution in [2.24, 2.45) is 0 Å². The van der Waals surface area contributed by atoms with Gasteiger partial charge in [0, 0.05) is 17.3 Å². The molecule has 0 spiro atoms. The van der Waals surface area contributed by atoms with Crippen LogP contribution in [0.2, 0.25) is 0 Å². The minimum absolute atomic E-state index is 0.0378. The van der Waals surface area contributed by atoms with E-state index >= 15 is 0 Å². The van der Waals surface area contributed by atoms with Crippen LogP contribution in [-0.2, 0) is 6.61 Å². The molecule has 0 radical (unpaired) electrons. The van der Waals surface area contributed by atoms with E-state index in [4.69, 9.17) is 4.74 Å². The molecule has 0 amide bonds. The standard InChI is InChI=1S/C19H20N2O2/c1-13-8-9-14(2)18(10-13)23-12-16-6-4-5-7-17(16)21-19(22)15(3)11-20-21/h4-11,20H,12H2,1-3H3. The molecular formula is C19H20N2O2. The topological polar surface area (TPSA) is 47.0 Å². The molecule has 0 aliphatic carbocycles. The maximum absolute atomic E-state index is 12.2. The Morgan fingerprint density at radius 2 is 1.83 bits per heavy atom. The van der Waals surface area contributed by atoms with E-state index in [1.807, 2.05) is 44.2 Å². The molecule has 0 unspecified atom stereocenters. The number of aromatic amines is 1. The number of hydrogen-bond donors (Lipinski definition) is 1. The Bertz CT molecular complexity index is 890. The molecule has 1 aromatic heterocycles. The highest BCUT2D eigenvalue weighted by molar-refractivity contribution is 5.41. The fraction of sp³-hybridized carbons (Fsp3) is 0.211. The number of benzene rings is 2. The highest BCUT2D eigenvalue weighted by Gasteiger charge is 2.10. The summed E-state index contributed by atoms with van der Waals surface area (Å²) in [7, 11) is 0. The van der Waals surface area contributed by atoms with Crippen molar-refractivity contribution in [2.75, 3.05) is 0 Å². The Balaban J connectivity index is 1.91. The summed E-state index contributed by atoms with van der Waals surface area (Å²) >= 11 is 0. The normalized spacial score (nSPS) is 10.7. The van der Waals surface area contributed by atoms with Gasteiger partial charge in [0.05, 0.1) is 5.69 Å². The van der Waals surface area contributed by atoms with Crippen molar-refractivity contribution < 1.29 is 4.74 Å². The summed E-state index contributed by atoms with van der Waals surface area (Å²) in [5.41, 5.74) is 4.68. The summed E-state index contributed by atoms with van der Waals surface area (Å²) in [4.78, 5) is 12.2. The van der Waals surface area contributed by atoms with Crippen molar-refractivity contribution in [3.05, 3.63) is 81.3 Å². The average molecular weight is 308 g/mol. The van der Waals surface area contributed by atoms with E-state index in [0.29, 0.717) is 12.2 Å². The molecule has 0 saturated carbocycles. The first-order chi connectivity index (χ1) is 11.1. The number of H-pyrrole nitrogens is 1. The molecule has 4 nitrogen and oxygen atoms in total. The fourth-order valence-corrected chi connectivity index (χ4v) is 2.51. The van der Waals surface area contributed by atoms with Crippen molar-refractivity contribution in [1.82, 2.24) is 9.78 Å². The van der Waals surface area contributed by atoms with Gasteiger partial charge in [-0.2, -0.15) is 0 Å². The molecule has 1 heterocycles. The third kappa shape index (κ3) is 3.06. The quantitative estimate of drug-likeness (QED) is 0.799. The molecule has 1 N–H and O–H groups in total. The van der Waals surface area contributed by atoms with Gasteiger partial charge in [0.1, 0.15) is 12.4 Å². The van der Waals surface area contributed by atoms with Gasteiger partial charge in [0.15, 0.2) is 0 Å². The lowest BCUT2D eigenvalue weighted by Crippen LogP contribution is -2.18. The maximum atomic E-state index is 12.2. The van der Waals surface area contributed by atoms with Gasteiger partial charge in [-0.3, -0.25) is 9.89 Å². The third-order valence-electron chi connectivity index (χ3n) is 3.91. The zero-order chi connectivity index (χ0) is 16.4.